The molecule has 7 rings (SSSR count). The molecule has 1 saturated carbocycles. The highest BCUT2D eigenvalue weighted by molar-refractivity contribution is 9.10. The van der Waals surface area contributed by atoms with E-state index in [1.165, 1.54) is 0 Å². The summed E-state index contributed by atoms with van der Waals surface area (Å²) in [6, 6.07) is 18.7. The zero-order valence-corrected chi connectivity index (χ0v) is 21.8. The van der Waals surface area contributed by atoms with E-state index < -0.39 is 11.2 Å². The SMILES string of the molecule is COc1cncc2c1C1(O)C(CN3CC4(COC4)C3)CC(c3ccccc3)C1(c1ccc(Br)cc1)O2. The van der Waals surface area contributed by atoms with E-state index in [0.29, 0.717) is 22.5 Å². The van der Waals surface area contributed by atoms with Gasteiger partial charge in [0, 0.05) is 41.4 Å². The van der Waals surface area contributed by atoms with Gasteiger partial charge in [-0.05, 0) is 29.7 Å². The summed E-state index contributed by atoms with van der Waals surface area (Å²) in [4.78, 5) is 6.85. The molecule has 1 aliphatic carbocycles. The summed E-state index contributed by atoms with van der Waals surface area (Å²) in [5, 5.41) is 13.1. The van der Waals surface area contributed by atoms with Gasteiger partial charge in [0.25, 0.3) is 0 Å². The second kappa shape index (κ2) is 8.02. The van der Waals surface area contributed by atoms with Crippen LogP contribution < -0.4 is 9.47 Å². The van der Waals surface area contributed by atoms with E-state index in [4.69, 9.17) is 14.2 Å². The molecule has 4 atom stereocenters. The third-order valence-corrected chi connectivity index (χ3v) is 9.33. The number of benzene rings is 2. The van der Waals surface area contributed by atoms with Crippen LogP contribution in [-0.2, 0) is 15.9 Å². The third-order valence-electron chi connectivity index (χ3n) is 8.80. The van der Waals surface area contributed by atoms with Gasteiger partial charge >= 0.3 is 0 Å². The van der Waals surface area contributed by atoms with Crippen LogP contribution in [0.2, 0.25) is 0 Å². The van der Waals surface area contributed by atoms with Gasteiger partial charge in [-0.25, -0.2) is 0 Å². The number of aromatic nitrogens is 1. The number of fused-ring (bicyclic) bond motifs is 3. The summed E-state index contributed by atoms with van der Waals surface area (Å²) in [6.45, 7) is 4.51. The Balaban J connectivity index is 1.41. The van der Waals surface area contributed by atoms with Crippen LogP contribution in [0.1, 0.15) is 29.0 Å². The number of likely N-dealkylation sites (tertiary alicyclic amines) is 1. The molecular formula is C29H29BrN2O4. The average Bonchev–Trinajstić information content (AvgIpc) is 3.26. The standard InChI is InChI=1S/C29H29BrN2O4/c1-34-24-12-31-13-25-26(24)28(33)21(14-32-15-27(16-32)17-35-18-27)11-23(19-5-3-2-4-6-19)29(28,36-25)20-7-9-22(30)10-8-20/h2-10,12-13,21,23,33H,11,14-18H2,1H3. The first-order chi connectivity index (χ1) is 17.5. The van der Waals surface area contributed by atoms with Crippen LogP contribution in [-0.4, -0.2) is 54.9 Å². The van der Waals surface area contributed by atoms with Gasteiger partial charge in [0.1, 0.15) is 17.1 Å². The van der Waals surface area contributed by atoms with Gasteiger partial charge in [0.05, 0.1) is 38.3 Å². The zero-order valence-electron chi connectivity index (χ0n) is 20.2. The van der Waals surface area contributed by atoms with Crippen LogP contribution >= 0.6 is 15.9 Å². The van der Waals surface area contributed by atoms with Gasteiger partial charge < -0.3 is 24.2 Å². The van der Waals surface area contributed by atoms with Crippen LogP contribution in [0.15, 0.2) is 71.5 Å². The fourth-order valence-electron chi connectivity index (χ4n) is 7.29. The maximum absolute atomic E-state index is 13.1. The second-order valence-corrected chi connectivity index (χ2v) is 11.8. The average molecular weight is 549 g/mol. The number of pyridine rings is 1. The summed E-state index contributed by atoms with van der Waals surface area (Å²) in [5.74, 6) is 1.04. The lowest BCUT2D eigenvalue weighted by Crippen LogP contribution is -2.67. The molecule has 1 aromatic heterocycles. The normalized spacial score (nSPS) is 31.8. The van der Waals surface area contributed by atoms with Crippen molar-refractivity contribution >= 4 is 15.9 Å². The van der Waals surface area contributed by atoms with E-state index in [-0.39, 0.29) is 11.8 Å². The van der Waals surface area contributed by atoms with Crippen molar-refractivity contribution in [3.8, 4) is 11.5 Å². The largest absolute Gasteiger partial charge is 0.495 e. The molecule has 3 fully saturated rings. The van der Waals surface area contributed by atoms with Crippen LogP contribution in [0.5, 0.6) is 11.5 Å². The Labute approximate surface area is 219 Å². The lowest BCUT2D eigenvalue weighted by atomic mass is 9.69. The number of ether oxygens (including phenoxy) is 3. The molecule has 7 heteroatoms. The van der Waals surface area contributed by atoms with E-state index in [9.17, 15) is 5.11 Å². The lowest BCUT2D eigenvalue weighted by molar-refractivity contribution is -0.199. The summed E-state index contributed by atoms with van der Waals surface area (Å²) >= 11 is 3.58. The number of halogens is 1. The van der Waals surface area contributed by atoms with Crippen molar-refractivity contribution in [3.05, 3.63) is 88.2 Å². The van der Waals surface area contributed by atoms with Crippen LogP contribution in [0.25, 0.3) is 0 Å². The number of methoxy groups -OCH3 is 1. The van der Waals surface area contributed by atoms with Crippen LogP contribution in [0.4, 0.5) is 0 Å². The number of hydrogen-bond donors (Lipinski definition) is 1. The molecule has 186 valence electrons. The Kier molecular flexibility index (Phi) is 5.06. The second-order valence-electron chi connectivity index (χ2n) is 10.9. The predicted molar refractivity (Wildman–Crippen MR) is 138 cm³/mol. The van der Waals surface area contributed by atoms with E-state index in [0.717, 1.165) is 54.9 Å². The van der Waals surface area contributed by atoms with Gasteiger partial charge in [0.2, 0.25) is 0 Å². The maximum Gasteiger partial charge on any atom is 0.174 e. The number of rotatable bonds is 5. The summed E-state index contributed by atoms with van der Waals surface area (Å²) in [6.07, 6.45) is 4.20. The summed E-state index contributed by atoms with van der Waals surface area (Å²) < 4.78 is 19.2. The van der Waals surface area contributed by atoms with Gasteiger partial charge in [-0.1, -0.05) is 58.4 Å². The smallest absolute Gasteiger partial charge is 0.174 e. The Bertz CT molecular complexity index is 1290. The Morgan fingerprint density at radius 3 is 2.50 bits per heavy atom. The highest BCUT2D eigenvalue weighted by atomic mass is 79.9. The van der Waals surface area contributed by atoms with Crippen molar-refractivity contribution in [1.29, 1.82) is 0 Å². The molecule has 1 N–H and O–H groups in total. The van der Waals surface area contributed by atoms with Gasteiger partial charge in [-0.15, -0.1) is 0 Å². The molecule has 2 aromatic carbocycles. The van der Waals surface area contributed by atoms with Crippen molar-refractivity contribution < 1.29 is 19.3 Å². The first-order valence-electron chi connectivity index (χ1n) is 12.5. The molecule has 36 heavy (non-hydrogen) atoms. The monoisotopic (exact) mass is 548 g/mol. The Morgan fingerprint density at radius 1 is 1.08 bits per heavy atom. The molecule has 3 aliphatic heterocycles. The molecule has 0 radical (unpaired) electrons. The minimum Gasteiger partial charge on any atom is -0.495 e. The van der Waals surface area contributed by atoms with Crippen molar-refractivity contribution in [2.45, 2.75) is 23.5 Å². The molecule has 4 unspecified atom stereocenters. The first-order valence-corrected chi connectivity index (χ1v) is 13.3. The van der Waals surface area contributed by atoms with Crippen molar-refractivity contribution in [3.63, 3.8) is 0 Å². The van der Waals surface area contributed by atoms with Crippen molar-refractivity contribution in [1.82, 2.24) is 9.88 Å². The minimum atomic E-state index is -1.30. The third kappa shape index (κ3) is 2.97. The predicted octanol–water partition coefficient (Wildman–Crippen LogP) is 4.46. The van der Waals surface area contributed by atoms with E-state index in [1.54, 1.807) is 19.5 Å². The zero-order chi connectivity index (χ0) is 24.5. The summed E-state index contributed by atoms with van der Waals surface area (Å²) in [7, 11) is 1.63. The number of nitrogens with zero attached hydrogens (tertiary/aromatic N) is 2. The number of hydrogen-bond acceptors (Lipinski definition) is 6. The van der Waals surface area contributed by atoms with E-state index in [2.05, 4.69) is 62.2 Å². The van der Waals surface area contributed by atoms with E-state index >= 15 is 0 Å². The lowest BCUT2D eigenvalue weighted by Gasteiger charge is -2.56. The highest BCUT2D eigenvalue weighted by Gasteiger charge is 2.73. The van der Waals surface area contributed by atoms with Crippen molar-refractivity contribution in [2.24, 2.45) is 11.3 Å². The molecule has 4 heterocycles. The van der Waals surface area contributed by atoms with Gasteiger partial charge in [0.15, 0.2) is 5.60 Å². The minimum absolute atomic E-state index is 0.0609. The van der Waals surface area contributed by atoms with E-state index in [1.807, 2.05) is 18.2 Å². The van der Waals surface area contributed by atoms with Crippen molar-refractivity contribution in [2.75, 3.05) is 40.0 Å². The Hall–Kier alpha value is -2.45. The molecule has 0 bridgehead atoms. The molecule has 0 amide bonds. The van der Waals surface area contributed by atoms with Crippen LogP contribution in [0, 0.1) is 11.3 Å². The quantitative estimate of drug-likeness (QED) is 0.507. The molecule has 1 spiro atoms. The molecule has 6 nitrogen and oxygen atoms in total. The fourth-order valence-corrected chi connectivity index (χ4v) is 7.55. The van der Waals surface area contributed by atoms with Gasteiger partial charge in [-0.2, -0.15) is 0 Å². The first kappa shape index (κ1) is 22.7. The fraction of sp³-hybridized carbons (Fsp3) is 0.414. The molecular weight excluding hydrogens is 520 g/mol. The maximum atomic E-state index is 13.1. The summed E-state index contributed by atoms with van der Waals surface area (Å²) in [5.41, 5.74) is 0.830. The highest BCUT2D eigenvalue weighted by Crippen LogP contribution is 2.70. The van der Waals surface area contributed by atoms with Crippen LogP contribution in [0.3, 0.4) is 0 Å². The molecule has 3 aromatic rings. The molecule has 4 aliphatic rings. The van der Waals surface area contributed by atoms with Gasteiger partial charge in [-0.3, -0.25) is 4.98 Å². The molecule has 2 saturated heterocycles. The topological polar surface area (TPSA) is 64.1 Å². The Morgan fingerprint density at radius 2 is 1.83 bits per heavy atom. The number of aliphatic hydroxyl groups is 1.